The van der Waals surface area contributed by atoms with Crippen molar-refractivity contribution in [1.29, 1.82) is 0 Å². The van der Waals surface area contributed by atoms with Crippen LogP contribution < -0.4 is 0 Å². The highest BCUT2D eigenvalue weighted by molar-refractivity contribution is 5.87. The molecule has 2 nitrogen and oxygen atoms in total. The van der Waals surface area contributed by atoms with E-state index in [2.05, 4.69) is 4.98 Å². The minimum absolute atomic E-state index is 0.0270. The fraction of sp³-hybridized carbons (Fsp3) is 0.333. The van der Waals surface area contributed by atoms with Gasteiger partial charge in [-0.25, -0.2) is 4.98 Å². The largest absolute Gasteiger partial charge is 0.433 e. The molecule has 0 spiro atoms. The van der Waals surface area contributed by atoms with Crippen LogP contribution in [0.1, 0.15) is 17.0 Å². The Hall–Kier alpha value is -1.39. The number of hydrogen-bond acceptors (Lipinski definition) is 2. The lowest BCUT2D eigenvalue weighted by atomic mass is 10.2. The Balaban J connectivity index is 2.43. The summed E-state index contributed by atoms with van der Waals surface area (Å²) in [5.74, 6) is -0.0770. The molecule has 5 heteroatoms. The molecule has 1 heterocycles. The molecule has 1 aliphatic rings. The number of fused-ring (bicyclic) bond motifs is 1. The van der Waals surface area contributed by atoms with Gasteiger partial charge in [-0.1, -0.05) is 6.07 Å². The van der Waals surface area contributed by atoms with Crippen LogP contribution in [-0.4, -0.2) is 10.8 Å². The molecule has 0 aromatic carbocycles. The summed E-state index contributed by atoms with van der Waals surface area (Å²) in [6.45, 7) is 0. The molecular weight excluding hydrogens is 195 g/mol. The fourth-order valence-electron chi connectivity index (χ4n) is 1.46. The van der Waals surface area contributed by atoms with E-state index in [0.29, 0.717) is 5.56 Å². The topological polar surface area (TPSA) is 30.0 Å². The molecule has 0 fully saturated rings. The monoisotopic (exact) mass is 201 g/mol. The molecule has 0 unspecified atom stereocenters. The minimum atomic E-state index is -4.43. The van der Waals surface area contributed by atoms with Gasteiger partial charge in [0.2, 0.25) is 0 Å². The third-order valence-corrected chi connectivity index (χ3v) is 2.11. The minimum Gasteiger partial charge on any atom is -0.299 e. The lowest BCUT2D eigenvalue weighted by Crippen LogP contribution is -2.09. The molecule has 0 atom stereocenters. The number of carbonyl (C=O) groups excluding carboxylic acids is 1. The van der Waals surface area contributed by atoms with Gasteiger partial charge in [0.05, 0.1) is 5.69 Å². The van der Waals surface area contributed by atoms with Crippen molar-refractivity contribution in [2.75, 3.05) is 0 Å². The van der Waals surface area contributed by atoms with Gasteiger partial charge in [-0.05, 0) is 11.6 Å². The van der Waals surface area contributed by atoms with Crippen LogP contribution in [-0.2, 0) is 23.8 Å². The van der Waals surface area contributed by atoms with E-state index in [1.807, 2.05) is 0 Å². The SMILES string of the molecule is O=C1Cc2ccc(C(F)(F)F)nc2C1. The Bertz CT molecular complexity index is 398. The van der Waals surface area contributed by atoms with Crippen LogP contribution >= 0.6 is 0 Å². The zero-order valence-electron chi connectivity index (χ0n) is 7.06. The van der Waals surface area contributed by atoms with Crippen LogP contribution in [0.3, 0.4) is 0 Å². The summed E-state index contributed by atoms with van der Waals surface area (Å²) in [4.78, 5) is 14.4. The third kappa shape index (κ3) is 1.49. The van der Waals surface area contributed by atoms with Crippen LogP contribution in [0, 0.1) is 0 Å². The first-order valence-electron chi connectivity index (χ1n) is 4.04. The first kappa shape index (κ1) is 9.18. The number of alkyl halides is 3. The number of carbonyl (C=O) groups is 1. The predicted octanol–water partition coefficient (Wildman–Crippen LogP) is 1.77. The Morgan fingerprint density at radius 2 is 1.93 bits per heavy atom. The lowest BCUT2D eigenvalue weighted by molar-refractivity contribution is -0.141. The predicted molar refractivity (Wildman–Crippen MR) is 41.7 cm³/mol. The van der Waals surface area contributed by atoms with Crippen molar-refractivity contribution < 1.29 is 18.0 Å². The Morgan fingerprint density at radius 3 is 2.57 bits per heavy atom. The van der Waals surface area contributed by atoms with Crippen LogP contribution in [0.25, 0.3) is 0 Å². The summed E-state index contributed by atoms with van der Waals surface area (Å²) < 4.78 is 36.6. The van der Waals surface area contributed by atoms with E-state index in [1.54, 1.807) is 0 Å². The highest BCUT2D eigenvalue weighted by atomic mass is 19.4. The lowest BCUT2D eigenvalue weighted by Gasteiger charge is -2.06. The molecule has 2 rings (SSSR count). The number of hydrogen-bond donors (Lipinski definition) is 0. The van der Waals surface area contributed by atoms with Crippen molar-refractivity contribution in [2.24, 2.45) is 0 Å². The van der Waals surface area contributed by atoms with Gasteiger partial charge in [-0.15, -0.1) is 0 Å². The van der Waals surface area contributed by atoms with E-state index in [9.17, 15) is 18.0 Å². The van der Waals surface area contributed by atoms with Gasteiger partial charge in [0, 0.05) is 12.8 Å². The molecule has 0 N–H and O–H groups in total. The van der Waals surface area contributed by atoms with Crippen molar-refractivity contribution in [3.05, 3.63) is 29.1 Å². The maximum atomic E-state index is 12.2. The number of pyridine rings is 1. The highest BCUT2D eigenvalue weighted by Gasteiger charge is 2.34. The molecule has 0 bridgehead atoms. The summed E-state index contributed by atoms with van der Waals surface area (Å²) in [6.07, 6.45) is -4.19. The maximum Gasteiger partial charge on any atom is 0.433 e. The van der Waals surface area contributed by atoms with Crippen LogP contribution in [0.15, 0.2) is 12.1 Å². The molecule has 0 saturated heterocycles. The van der Waals surface area contributed by atoms with Crippen molar-refractivity contribution in [3.63, 3.8) is 0 Å². The summed E-state index contributed by atoms with van der Waals surface area (Å²) in [6, 6.07) is 2.24. The van der Waals surface area contributed by atoms with E-state index in [1.165, 1.54) is 6.07 Å². The molecule has 0 radical (unpaired) electrons. The van der Waals surface area contributed by atoms with Gasteiger partial charge in [0.25, 0.3) is 0 Å². The van der Waals surface area contributed by atoms with Gasteiger partial charge in [-0.3, -0.25) is 4.79 Å². The third-order valence-electron chi connectivity index (χ3n) is 2.11. The standard InChI is InChI=1S/C9H6F3NO/c10-9(11,12)8-2-1-5-3-6(14)4-7(5)13-8/h1-2H,3-4H2. The van der Waals surface area contributed by atoms with Gasteiger partial charge in [0.1, 0.15) is 11.5 Å². The summed E-state index contributed by atoms with van der Waals surface area (Å²) >= 11 is 0. The quantitative estimate of drug-likeness (QED) is 0.640. The van der Waals surface area contributed by atoms with Gasteiger partial charge in [0.15, 0.2) is 0 Å². The second kappa shape index (κ2) is 2.80. The number of aromatic nitrogens is 1. The second-order valence-electron chi connectivity index (χ2n) is 3.19. The van der Waals surface area contributed by atoms with Crippen molar-refractivity contribution in [1.82, 2.24) is 4.98 Å². The molecule has 1 aliphatic carbocycles. The van der Waals surface area contributed by atoms with Crippen LogP contribution in [0.5, 0.6) is 0 Å². The van der Waals surface area contributed by atoms with Crippen molar-refractivity contribution >= 4 is 5.78 Å². The average molecular weight is 201 g/mol. The smallest absolute Gasteiger partial charge is 0.299 e. The zero-order valence-corrected chi connectivity index (χ0v) is 7.06. The number of Topliss-reactive ketones (excluding diaryl/α,β-unsaturated/α-hetero) is 1. The van der Waals surface area contributed by atoms with E-state index in [0.717, 1.165) is 6.07 Å². The second-order valence-corrected chi connectivity index (χ2v) is 3.19. The molecule has 0 amide bonds. The first-order valence-corrected chi connectivity index (χ1v) is 4.04. The zero-order chi connectivity index (χ0) is 10.3. The molecular formula is C9H6F3NO. The van der Waals surface area contributed by atoms with E-state index < -0.39 is 11.9 Å². The summed E-state index contributed by atoms with van der Waals surface area (Å²) in [7, 11) is 0. The summed E-state index contributed by atoms with van der Waals surface area (Å²) in [5.41, 5.74) is -0.0428. The molecule has 14 heavy (non-hydrogen) atoms. The number of halogens is 3. The molecule has 0 saturated carbocycles. The average Bonchev–Trinajstić information content (AvgIpc) is 2.41. The molecule has 0 aliphatic heterocycles. The van der Waals surface area contributed by atoms with Crippen molar-refractivity contribution in [2.45, 2.75) is 19.0 Å². The maximum absolute atomic E-state index is 12.2. The number of nitrogens with zero attached hydrogens (tertiary/aromatic N) is 1. The Morgan fingerprint density at radius 1 is 1.21 bits per heavy atom. The molecule has 74 valence electrons. The first-order chi connectivity index (χ1) is 6.47. The van der Waals surface area contributed by atoms with E-state index in [4.69, 9.17) is 0 Å². The van der Waals surface area contributed by atoms with Crippen LogP contribution in [0.4, 0.5) is 13.2 Å². The van der Waals surface area contributed by atoms with Crippen LogP contribution in [0.2, 0.25) is 0 Å². The van der Waals surface area contributed by atoms with Crippen molar-refractivity contribution in [3.8, 4) is 0 Å². The van der Waals surface area contributed by atoms with Gasteiger partial charge < -0.3 is 0 Å². The fourth-order valence-corrected chi connectivity index (χ4v) is 1.46. The Kier molecular flexibility index (Phi) is 1.83. The molecule has 1 aromatic heterocycles. The van der Waals surface area contributed by atoms with E-state index in [-0.39, 0.29) is 24.3 Å². The normalized spacial score (nSPS) is 15.8. The Labute approximate surface area is 77.8 Å². The van der Waals surface area contributed by atoms with E-state index >= 15 is 0 Å². The molecule has 1 aromatic rings. The summed E-state index contributed by atoms with van der Waals surface area (Å²) in [5, 5.41) is 0. The highest BCUT2D eigenvalue weighted by Crippen LogP contribution is 2.29. The van der Waals surface area contributed by atoms with Gasteiger partial charge >= 0.3 is 6.18 Å². The number of rotatable bonds is 0. The number of ketones is 1. The van der Waals surface area contributed by atoms with Gasteiger partial charge in [-0.2, -0.15) is 13.2 Å².